The Hall–Kier alpha value is -1.34. The molecule has 1 fully saturated rings. The van der Waals surface area contributed by atoms with Gasteiger partial charge in [-0.3, -0.25) is 4.79 Å². The number of nitrogens with zero attached hydrogens (tertiary/aromatic N) is 1. The molecule has 0 saturated carbocycles. The molecule has 2 amide bonds. The normalized spacial score (nSPS) is 15.4. The molecular formula is C11H24N4O3. The van der Waals surface area contributed by atoms with E-state index in [1.54, 1.807) is 4.90 Å². The fraction of sp³-hybridized carbons (Fsp3) is 0.818. The molecule has 106 valence electrons. The summed E-state index contributed by atoms with van der Waals surface area (Å²) in [4.78, 5) is 22.7. The van der Waals surface area contributed by atoms with Gasteiger partial charge in [-0.25, -0.2) is 4.79 Å². The molecule has 18 heavy (non-hydrogen) atoms. The maximum absolute atomic E-state index is 11.5. The van der Waals surface area contributed by atoms with Crippen LogP contribution in [0.5, 0.6) is 0 Å². The van der Waals surface area contributed by atoms with Crippen LogP contribution in [0.4, 0.5) is 4.79 Å². The van der Waals surface area contributed by atoms with E-state index in [0.717, 1.165) is 26.2 Å². The molecule has 1 aliphatic heterocycles. The maximum Gasteiger partial charge on any atom is 0.410 e. The van der Waals surface area contributed by atoms with Crippen LogP contribution in [0.1, 0.15) is 20.8 Å². The van der Waals surface area contributed by atoms with Gasteiger partial charge in [0.15, 0.2) is 0 Å². The van der Waals surface area contributed by atoms with Crippen molar-refractivity contribution in [2.24, 2.45) is 11.5 Å². The van der Waals surface area contributed by atoms with Gasteiger partial charge in [0.1, 0.15) is 5.60 Å². The van der Waals surface area contributed by atoms with Crippen molar-refractivity contribution in [1.82, 2.24) is 10.2 Å². The zero-order valence-electron chi connectivity index (χ0n) is 11.4. The Kier molecular flexibility index (Phi) is 7.30. The summed E-state index contributed by atoms with van der Waals surface area (Å²) in [6.45, 7) is 8.80. The van der Waals surface area contributed by atoms with Crippen LogP contribution >= 0.6 is 0 Å². The van der Waals surface area contributed by atoms with Gasteiger partial charge in [0.05, 0.1) is 6.54 Å². The molecule has 0 radical (unpaired) electrons. The summed E-state index contributed by atoms with van der Waals surface area (Å²) in [6, 6.07) is 0. The molecule has 7 heteroatoms. The van der Waals surface area contributed by atoms with Crippen molar-refractivity contribution in [3.05, 3.63) is 0 Å². The number of hydrogen-bond acceptors (Lipinski definition) is 5. The van der Waals surface area contributed by atoms with Crippen molar-refractivity contribution in [2.75, 3.05) is 32.7 Å². The number of hydrogen-bond donors (Lipinski definition) is 3. The molecule has 0 bridgehead atoms. The molecule has 0 aromatic rings. The lowest BCUT2D eigenvalue weighted by Crippen LogP contribution is -2.48. The van der Waals surface area contributed by atoms with Crippen LogP contribution in [0.3, 0.4) is 0 Å². The van der Waals surface area contributed by atoms with E-state index in [1.807, 2.05) is 20.8 Å². The van der Waals surface area contributed by atoms with Gasteiger partial charge < -0.3 is 26.4 Å². The largest absolute Gasteiger partial charge is 0.444 e. The summed E-state index contributed by atoms with van der Waals surface area (Å²) in [7, 11) is 0. The van der Waals surface area contributed by atoms with Crippen molar-refractivity contribution < 1.29 is 14.3 Å². The first-order valence-electron chi connectivity index (χ1n) is 5.93. The molecule has 1 heterocycles. The summed E-state index contributed by atoms with van der Waals surface area (Å²) in [5, 5.41) is 3.18. The third kappa shape index (κ3) is 8.77. The number of rotatable bonds is 1. The molecule has 5 N–H and O–H groups in total. The van der Waals surface area contributed by atoms with E-state index in [4.69, 9.17) is 10.5 Å². The van der Waals surface area contributed by atoms with Crippen LogP contribution in [0.25, 0.3) is 0 Å². The Balaban J connectivity index is 0.000000494. The number of carbonyl (C=O) groups excluding carboxylic acids is 2. The number of amides is 2. The van der Waals surface area contributed by atoms with Gasteiger partial charge in [-0.1, -0.05) is 0 Å². The number of carbonyl (C=O) groups is 2. The van der Waals surface area contributed by atoms with E-state index in [2.05, 4.69) is 11.1 Å². The predicted octanol–water partition coefficient (Wildman–Crippen LogP) is -0.743. The number of nitrogens with one attached hydrogen (secondary N) is 1. The number of nitrogens with two attached hydrogens (primary N) is 2. The highest BCUT2D eigenvalue weighted by atomic mass is 16.6. The third-order valence-electron chi connectivity index (χ3n) is 1.97. The second kappa shape index (κ2) is 7.88. The van der Waals surface area contributed by atoms with Gasteiger partial charge in [-0.2, -0.15) is 0 Å². The number of ether oxygens (including phenoxy) is 1. The summed E-state index contributed by atoms with van der Waals surface area (Å²) in [5.41, 5.74) is 8.84. The quantitative estimate of drug-likeness (QED) is 0.575. The molecule has 1 saturated heterocycles. The van der Waals surface area contributed by atoms with Crippen molar-refractivity contribution >= 4 is 12.0 Å². The second-order valence-corrected chi connectivity index (χ2v) is 4.89. The SMILES string of the molecule is CC(C)(C)OC(=O)N1CCNCC1.NCC(N)=O. The lowest BCUT2D eigenvalue weighted by atomic mass is 10.2. The zero-order valence-corrected chi connectivity index (χ0v) is 11.4. The lowest BCUT2D eigenvalue weighted by molar-refractivity contribution is -0.116. The van der Waals surface area contributed by atoms with Crippen LogP contribution < -0.4 is 16.8 Å². The molecule has 1 rings (SSSR count). The highest BCUT2D eigenvalue weighted by molar-refractivity contribution is 5.75. The average Bonchev–Trinajstić information content (AvgIpc) is 2.29. The van der Waals surface area contributed by atoms with Crippen LogP contribution in [0.2, 0.25) is 0 Å². The van der Waals surface area contributed by atoms with Crippen molar-refractivity contribution in [3.8, 4) is 0 Å². The van der Waals surface area contributed by atoms with Crippen molar-refractivity contribution in [2.45, 2.75) is 26.4 Å². The highest BCUT2D eigenvalue weighted by Gasteiger charge is 2.22. The van der Waals surface area contributed by atoms with Crippen LogP contribution in [0.15, 0.2) is 0 Å². The Labute approximate surface area is 108 Å². The minimum atomic E-state index is -0.468. The molecule has 0 atom stereocenters. The second-order valence-electron chi connectivity index (χ2n) is 4.89. The zero-order chi connectivity index (χ0) is 14.2. The fourth-order valence-corrected chi connectivity index (χ4v) is 1.17. The van der Waals surface area contributed by atoms with E-state index in [1.165, 1.54) is 0 Å². The average molecular weight is 260 g/mol. The highest BCUT2D eigenvalue weighted by Crippen LogP contribution is 2.09. The number of primary amides is 1. The third-order valence-corrected chi connectivity index (χ3v) is 1.97. The minimum absolute atomic E-state index is 0.0556. The molecule has 0 aliphatic carbocycles. The predicted molar refractivity (Wildman–Crippen MR) is 68.9 cm³/mol. The first-order valence-corrected chi connectivity index (χ1v) is 5.93. The summed E-state index contributed by atoms with van der Waals surface area (Å²) in [5.74, 6) is -0.468. The van der Waals surface area contributed by atoms with E-state index in [-0.39, 0.29) is 18.2 Å². The Morgan fingerprint density at radius 2 is 1.72 bits per heavy atom. The molecule has 1 aliphatic rings. The Morgan fingerprint density at radius 1 is 1.28 bits per heavy atom. The Morgan fingerprint density at radius 3 is 2.06 bits per heavy atom. The fourth-order valence-electron chi connectivity index (χ4n) is 1.17. The smallest absolute Gasteiger partial charge is 0.410 e. The van der Waals surface area contributed by atoms with Gasteiger partial charge in [0.25, 0.3) is 0 Å². The molecular weight excluding hydrogens is 236 g/mol. The molecule has 0 unspecified atom stereocenters. The van der Waals surface area contributed by atoms with Gasteiger partial charge >= 0.3 is 6.09 Å². The van der Waals surface area contributed by atoms with Crippen LogP contribution in [-0.2, 0) is 9.53 Å². The molecule has 0 aromatic heterocycles. The monoisotopic (exact) mass is 260 g/mol. The van der Waals surface area contributed by atoms with Crippen LogP contribution in [-0.4, -0.2) is 55.2 Å². The van der Waals surface area contributed by atoms with E-state index in [0.29, 0.717) is 0 Å². The molecule has 7 nitrogen and oxygen atoms in total. The molecule has 0 spiro atoms. The van der Waals surface area contributed by atoms with Gasteiger partial charge in [-0.05, 0) is 20.8 Å². The Bertz CT molecular complexity index is 270. The summed E-state index contributed by atoms with van der Waals surface area (Å²) >= 11 is 0. The van der Waals surface area contributed by atoms with E-state index in [9.17, 15) is 9.59 Å². The first-order chi connectivity index (χ1) is 8.26. The maximum atomic E-state index is 11.5. The molecule has 0 aromatic carbocycles. The summed E-state index contributed by atoms with van der Waals surface area (Å²) < 4.78 is 5.24. The topological polar surface area (TPSA) is 111 Å². The number of piperazine rings is 1. The van der Waals surface area contributed by atoms with Crippen molar-refractivity contribution in [1.29, 1.82) is 0 Å². The summed E-state index contributed by atoms with van der Waals surface area (Å²) in [6.07, 6.45) is -0.200. The first kappa shape index (κ1) is 16.7. The van der Waals surface area contributed by atoms with Gasteiger partial charge in [0.2, 0.25) is 5.91 Å². The lowest BCUT2D eigenvalue weighted by Gasteiger charge is -2.30. The minimum Gasteiger partial charge on any atom is -0.444 e. The van der Waals surface area contributed by atoms with Gasteiger partial charge in [-0.15, -0.1) is 0 Å². The van der Waals surface area contributed by atoms with Gasteiger partial charge in [0, 0.05) is 26.2 Å². The van der Waals surface area contributed by atoms with Crippen LogP contribution in [0, 0.1) is 0 Å². The van der Waals surface area contributed by atoms with E-state index < -0.39 is 5.91 Å². The van der Waals surface area contributed by atoms with E-state index >= 15 is 0 Å². The standard InChI is InChI=1S/C9H18N2O2.C2H6N2O/c1-9(2,3)13-8(12)11-6-4-10-5-7-11;3-1-2(4)5/h10H,4-7H2,1-3H3;1,3H2,(H2,4,5). The van der Waals surface area contributed by atoms with Crippen molar-refractivity contribution in [3.63, 3.8) is 0 Å².